The number of anilines is 1. The molecule has 254 valence electrons. The zero-order valence-corrected chi connectivity index (χ0v) is 28.3. The van der Waals surface area contributed by atoms with Crippen molar-refractivity contribution in [2.75, 3.05) is 25.2 Å². The maximum absolute atomic E-state index is 14.8. The van der Waals surface area contributed by atoms with Crippen LogP contribution in [0.3, 0.4) is 0 Å². The highest BCUT2D eigenvalue weighted by molar-refractivity contribution is 6.09. The van der Waals surface area contributed by atoms with E-state index in [4.69, 9.17) is 14.2 Å². The number of benzene rings is 3. The SMILES string of the molecule is CCOC(=O)c1ccc([N+](=O)[O-])cc1-c1cc(C(=O)N(Cc2cccc(OC)c2C)c2ccc3cnn(C4CCCCO4)c3c2)c(C)n1C. The summed E-state index contributed by atoms with van der Waals surface area (Å²) in [6.07, 6.45) is 4.53. The van der Waals surface area contributed by atoms with Gasteiger partial charge in [0.2, 0.25) is 0 Å². The summed E-state index contributed by atoms with van der Waals surface area (Å²) in [4.78, 5) is 40.7. The van der Waals surface area contributed by atoms with Gasteiger partial charge in [0.15, 0.2) is 6.23 Å². The highest BCUT2D eigenvalue weighted by Gasteiger charge is 2.28. The van der Waals surface area contributed by atoms with E-state index in [9.17, 15) is 19.7 Å². The number of non-ortho nitro benzene ring substituents is 1. The summed E-state index contributed by atoms with van der Waals surface area (Å²) in [5.41, 5.74) is 5.06. The van der Waals surface area contributed by atoms with Crippen molar-refractivity contribution in [3.05, 3.63) is 105 Å². The fourth-order valence-corrected chi connectivity index (χ4v) is 6.41. The van der Waals surface area contributed by atoms with Crippen molar-refractivity contribution in [1.29, 1.82) is 0 Å². The minimum absolute atomic E-state index is 0.139. The average molecular weight is 666 g/mol. The average Bonchev–Trinajstić information content (AvgIpc) is 3.67. The Balaban J connectivity index is 1.48. The molecule has 0 N–H and O–H groups in total. The van der Waals surface area contributed by atoms with E-state index in [1.807, 2.05) is 61.1 Å². The Morgan fingerprint density at radius 1 is 1.08 bits per heavy atom. The van der Waals surface area contributed by atoms with Gasteiger partial charge in [-0.25, -0.2) is 9.48 Å². The van der Waals surface area contributed by atoms with Crippen LogP contribution < -0.4 is 9.64 Å². The molecule has 2 aromatic heterocycles. The first-order chi connectivity index (χ1) is 23.6. The molecule has 12 heteroatoms. The predicted octanol–water partition coefficient (Wildman–Crippen LogP) is 7.30. The lowest BCUT2D eigenvalue weighted by molar-refractivity contribution is -0.384. The number of nitrogens with zero attached hydrogens (tertiary/aromatic N) is 5. The van der Waals surface area contributed by atoms with Crippen molar-refractivity contribution >= 4 is 34.2 Å². The molecule has 3 heterocycles. The minimum Gasteiger partial charge on any atom is -0.496 e. The number of hydrogen-bond acceptors (Lipinski definition) is 8. The van der Waals surface area contributed by atoms with Crippen molar-refractivity contribution in [2.45, 2.75) is 52.8 Å². The number of ether oxygens (including phenoxy) is 3. The summed E-state index contributed by atoms with van der Waals surface area (Å²) < 4.78 is 20.6. The van der Waals surface area contributed by atoms with E-state index in [1.54, 1.807) is 36.6 Å². The van der Waals surface area contributed by atoms with Crippen LogP contribution in [0, 0.1) is 24.0 Å². The number of nitro benzene ring substituents is 1. The lowest BCUT2D eigenvalue weighted by Gasteiger charge is -2.26. The van der Waals surface area contributed by atoms with E-state index >= 15 is 0 Å². The number of nitro groups is 1. The summed E-state index contributed by atoms with van der Waals surface area (Å²) in [6.45, 7) is 6.50. The van der Waals surface area contributed by atoms with Gasteiger partial charge in [-0.3, -0.25) is 14.9 Å². The number of aromatic nitrogens is 3. The molecule has 1 aliphatic rings. The molecule has 12 nitrogen and oxygen atoms in total. The molecular weight excluding hydrogens is 626 g/mol. The summed E-state index contributed by atoms with van der Waals surface area (Å²) in [5, 5.41) is 17.3. The molecular formula is C37H39N5O7. The second-order valence-corrected chi connectivity index (χ2v) is 12.1. The van der Waals surface area contributed by atoms with Crippen LogP contribution in [0.15, 0.2) is 66.9 Å². The maximum atomic E-state index is 14.8. The molecule has 1 fully saturated rings. The number of carbonyl (C=O) groups excluding carboxylic acids is 2. The van der Waals surface area contributed by atoms with Gasteiger partial charge in [-0.1, -0.05) is 12.1 Å². The lowest BCUT2D eigenvalue weighted by Crippen LogP contribution is -2.31. The van der Waals surface area contributed by atoms with Gasteiger partial charge in [0.25, 0.3) is 11.6 Å². The number of carbonyl (C=O) groups is 2. The quantitative estimate of drug-likeness (QED) is 0.0863. The molecule has 1 amide bonds. The molecule has 49 heavy (non-hydrogen) atoms. The topological polar surface area (TPSA) is 131 Å². The first kappa shape index (κ1) is 33.4. The highest BCUT2D eigenvalue weighted by Crippen LogP contribution is 2.35. The summed E-state index contributed by atoms with van der Waals surface area (Å²) in [6, 6.07) is 17.3. The zero-order chi connectivity index (χ0) is 34.8. The van der Waals surface area contributed by atoms with Crippen LogP contribution in [0.5, 0.6) is 5.75 Å². The normalized spacial score (nSPS) is 14.5. The molecule has 1 aliphatic heterocycles. The van der Waals surface area contributed by atoms with Crippen molar-refractivity contribution < 1.29 is 28.7 Å². The van der Waals surface area contributed by atoms with Crippen molar-refractivity contribution in [1.82, 2.24) is 14.3 Å². The Hall–Kier alpha value is -5.49. The van der Waals surface area contributed by atoms with Crippen LogP contribution >= 0.6 is 0 Å². The summed E-state index contributed by atoms with van der Waals surface area (Å²) in [7, 11) is 3.38. The number of hydrogen-bond donors (Lipinski definition) is 0. The number of fused-ring (bicyclic) bond motifs is 1. The minimum atomic E-state index is -0.610. The molecule has 0 saturated carbocycles. The van der Waals surface area contributed by atoms with Crippen molar-refractivity contribution in [2.24, 2.45) is 7.05 Å². The predicted molar refractivity (Wildman–Crippen MR) is 185 cm³/mol. The van der Waals surface area contributed by atoms with Crippen LogP contribution in [0.25, 0.3) is 22.2 Å². The van der Waals surface area contributed by atoms with E-state index < -0.39 is 10.9 Å². The first-order valence-corrected chi connectivity index (χ1v) is 16.3. The number of rotatable bonds is 10. The van der Waals surface area contributed by atoms with E-state index in [0.29, 0.717) is 40.6 Å². The second-order valence-electron chi connectivity index (χ2n) is 12.1. The molecule has 3 aromatic carbocycles. The summed E-state index contributed by atoms with van der Waals surface area (Å²) >= 11 is 0. The van der Waals surface area contributed by atoms with Gasteiger partial charge in [0.1, 0.15) is 5.75 Å². The zero-order valence-electron chi connectivity index (χ0n) is 28.3. The Bertz CT molecular complexity index is 2060. The molecule has 0 spiro atoms. The van der Waals surface area contributed by atoms with Gasteiger partial charge >= 0.3 is 5.97 Å². The van der Waals surface area contributed by atoms with Gasteiger partial charge < -0.3 is 23.7 Å². The van der Waals surface area contributed by atoms with Crippen molar-refractivity contribution in [3.8, 4) is 17.0 Å². The molecule has 1 saturated heterocycles. The number of esters is 1. The van der Waals surface area contributed by atoms with Gasteiger partial charge in [-0.05, 0) is 87.6 Å². The van der Waals surface area contributed by atoms with E-state index in [-0.39, 0.29) is 36.5 Å². The maximum Gasteiger partial charge on any atom is 0.338 e. The lowest BCUT2D eigenvalue weighted by atomic mass is 10.0. The molecule has 0 aliphatic carbocycles. The van der Waals surface area contributed by atoms with Gasteiger partial charge in [-0.15, -0.1) is 0 Å². The summed E-state index contributed by atoms with van der Waals surface area (Å²) in [5.74, 6) is -0.187. The second kappa shape index (κ2) is 13.9. The fourth-order valence-electron chi connectivity index (χ4n) is 6.41. The Kier molecular flexibility index (Phi) is 9.50. The third-order valence-electron chi connectivity index (χ3n) is 9.26. The van der Waals surface area contributed by atoms with Gasteiger partial charge in [-0.2, -0.15) is 5.10 Å². The van der Waals surface area contributed by atoms with E-state index in [0.717, 1.165) is 41.3 Å². The van der Waals surface area contributed by atoms with Crippen LogP contribution in [-0.4, -0.2) is 51.5 Å². The Labute approximate surface area is 283 Å². The van der Waals surface area contributed by atoms with Gasteiger partial charge in [0, 0.05) is 53.8 Å². The standard InChI is InChI=1S/C37H39N5O7/c1-6-48-37(44)29-16-15-28(42(45)46)18-31(29)33-20-30(24(3)39(33)4)36(43)40(22-26-10-9-11-34(47-5)23(26)2)27-14-13-25-21-38-41(32(25)19-27)35-12-7-8-17-49-35/h9-11,13-16,18-21,35H,6-8,12,17,22H2,1-5H3. The molecule has 0 bridgehead atoms. The smallest absolute Gasteiger partial charge is 0.338 e. The largest absolute Gasteiger partial charge is 0.496 e. The molecule has 0 radical (unpaired) electrons. The monoisotopic (exact) mass is 665 g/mol. The third kappa shape index (κ3) is 6.39. The highest BCUT2D eigenvalue weighted by atomic mass is 16.6. The Morgan fingerprint density at radius 3 is 2.61 bits per heavy atom. The number of amides is 1. The van der Waals surface area contributed by atoms with Crippen LogP contribution in [0.4, 0.5) is 11.4 Å². The van der Waals surface area contributed by atoms with Gasteiger partial charge in [0.05, 0.1) is 48.0 Å². The van der Waals surface area contributed by atoms with Crippen LogP contribution in [0.2, 0.25) is 0 Å². The fraction of sp³-hybridized carbons (Fsp3) is 0.324. The van der Waals surface area contributed by atoms with E-state index in [2.05, 4.69) is 5.10 Å². The van der Waals surface area contributed by atoms with E-state index in [1.165, 1.54) is 18.2 Å². The van der Waals surface area contributed by atoms with Crippen LogP contribution in [0.1, 0.15) is 70.0 Å². The first-order valence-electron chi connectivity index (χ1n) is 16.3. The number of methoxy groups -OCH3 is 1. The third-order valence-corrected chi connectivity index (χ3v) is 9.26. The molecule has 1 unspecified atom stereocenters. The van der Waals surface area contributed by atoms with Crippen molar-refractivity contribution in [3.63, 3.8) is 0 Å². The molecule has 5 aromatic rings. The molecule has 1 atom stereocenters. The Morgan fingerprint density at radius 2 is 1.90 bits per heavy atom. The molecule has 6 rings (SSSR count). The van der Waals surface area contributed by atoms with Crippen LogP contribution in [-0.2, 0) is 23.1 Å².